The zero-order chi connectivity index (χ0) is 8.81. The lowest BCUT2D eigenvalue weighted by Gasteiger charge is -2.17. The van der Waals surface area contributed by atoms with Crippen LogP contribution in [-0.4, -0.2) is 24.5 Å². The first-order valence-electron chi connectivity index (χ1n) is 5.16. The molecule has 1 atom stereocenters. The fourth-order valence-electron chi connectivity index (χ4n) is 1.76. The van der Waals surface area contributed by atoms with E-state index in [1.165, 1.54) is 32.4 Å². The van der Waals surface area contributed by atoms with E-state index in [-0.39, 0.29) is 0 Å². The van der Waals surface area contributed by atoms with Gasteiger partial charge in [0.25, 0.3) is 0 Å². The van der Waals surface area contributed by atoms with E-state index in [4.69, 9.17) is 0 Å². The summed E-state index contributed by atoms with van der Waals surface area (Å²) in [6.07, 6.45) is 8.60. The lowest BCUT2D eigenvalue weighted by atomic mass is 10.0. The second-order valence-electron chi connectivity index (χ2n) is 3.91. The quantitative estimate of drug-likeness (QED) is 0.572. The van der Waals surface area contributed by atoms with Gasteiger partial charge in [0.1, 0.15) is 0 Å². The minimum absolute atomic E-state index is 0.945. The van der Waals surface area contributed by atoms with Gasteiger partial charge < -0.3 is 0 Å². The molecular formula is C11H21N. The van der Waals surface area contributed by atoms with Crippen LogP contribution < -0.4 is 0 Å². The molecular weight excluding hydrogens is 146 g/mol. The maximum atomic E-state index is 2.56. The van der Waals surface area contributed by atoms with E-state index in [2.05, 4.69) is 30.9 Å². The predicted molar refractivity (Wildman–Crippen MR) is 54.3 cm³/mol. The highest BCUT2D eigenvalue weighted by atomic mass is 15.1. The molecule has 1 unspecified atom stereocenters. The third-order valence-corrected chi connectivity index (χ3v) is 2.71. The molecule has 0 aromatic rings. The lowest BCUT2D eigenvalue weighted by molar-refractivity contribution is 0.311. The molecule has 1 heteroatoms. The highest BCUT2D eigenvalue weighted by molar-refractivity contribution is 4.82. The van der Waals surface area contributed by atoms with E-state index in [1.807, 2.05) is 0 Å². The molecule has 1 fully saturated rings. The van der Waals surface area contributed by atoms with Crippen LogP contribution in [0.5, 0.6) is 0 Å². The summed E-state index contributed by atoms with van der Waals surface area (Å²) in [6.45, 7) is 8.23. The summed E-state index contributed by atoms with van der Waals surface area (Å²) in [5, 5.41) is 0. The summed E-state index contributed by atoms with van der Waals surface area (Å²) in [6, 6.07) is 0. The summed E-state index contributed by atoms with van der Waals surface area (Å²) in [5.41, 5.74) is 0. The van der Waals surface area contributed by atoms with Crippen molar-refractivity contribution in [3.63, 3.8) is 0 Å². The first kappa shape index (κ1) is 9.79. The SMILES string of the molecule is C/C=C/CN1CCCC(C)CC1. The molecule has 1 aliphatic heterocycles. The van der Waals surface area contributed by atoms with Crippen molar-refractivity contribution in [1.82, 2.24) is 4.90 Å². The van der Waals surface area contributed by atoms with Crippen molar-refractivity contribution in [3.05, 3.63) is 12.2 Å². The molecule has 1 saturated heterocycles. The number of likely N-dealkylation sites (tertiary alicyclic amines) is 1. The molecule has 0 aromatic heterocycles. The molecule has 0 N–H and O–H groups in total. The Morgan fingerprint density at radius 2 is 2.17 bits per heavy atom. The third kappa shape index (κ3) is 3.40. The van der Waals surface area contributed by atoms with Gasteiger partial charge in [-0.2, -0.15) is 0 Å². The van der Waals surface area contributed by atoms with Gasteiger partial charge in [0.15, 0.2) is 0 Å². The molecule has 1 heterocycles. The van der Waals surface area contributed by atoms with Crippen LogP contribution in [0.25, 0.3) is 0 Å². The molecule has 0 radical (unpaired) electrons. The Morgan fingerprint density at radius 1 is 1.33 bits per heavy atom. The summed E-state index contributed by atoms with van der Waals surface area (Å²) < 4.78 is 0. The van der Waals surface area contributed by atoms with Gasteiger partial charge in [0.05, 0.1) is 0 Å². The van der Waals surface area contributed by atoms with Crippen molar-refractivity contribution >= 4 is 0 Å². The molecule has 0 amide bonds. The molecule has 0 aromatic carbocycles. The molecule has 70 valence electrons. The lowest BCUT2D eigenvalue weighted by Crippen LogP contribution is -2.24. The summed E-state index contributed by atoms with van der Waals surface area (Å²) >= 11 is 0. The number of nitrogens with zero attached hydrogens (tertiary/aromatic N) is 1. The summed E-state index contributed by atoms with van der Waals surface area (Å²) in [7, 11) is 0. The fourth-order valence-corrected chi connectivity index (χ4v) is 1.76. The van der Waals surface area contributed by atoms with Gasteiger partial charge in [-0.05, 0) is 45.2 Å². The third-order valence-electron chi connectivity index (χ3n) is 2.71. The van der Waals surface area contributed by atoms with E-state index in [1.54, 1.807) is 0 Å². The van der Waals surface area contributed by atoms with Gasteiger partial charge >= 0.3 is 0 Å². The molecule has 0 bridgehead atoms. The smallest absolute Gasteiger partial charge is 0.0163 e. The Hall–Kier alpha value is -0.300. The van der Waals surface area contributed by atoms with Gasteiger partial charge in [-0.3, -0.25) is 4.90 Å². The first-order valence-corrected chi connectivity index (χ1v) is 5.16. The maximum Gasteiger partial charge on any atom is 0.0163 e. The number of allylic oxidation sites excluding steroid dienone is 1. The van der Waals surface area contributed by atoms with Crippen molar-refractivity contribution in [2.75, 3.05) is 19.6 Å². The van der Waals surface area contributed by atoms with Crippen LogP contribution in [-0.2, 0) is 0 Å². The van der Waals surface area contributed by atoms with E-state index < -0.39 is 0 Å². The molecule has 1 rings (SSSR count). The molecule has 0 saturated carbocycles. The van der Waals surface area contributed by atoms with Gasteiger partial charge in [0, 0.05) is 6.54 Å². The Bertz CT molecular complexity index is 140. The minimum atomic E-state index is 0.945. The van der Waals surface area contributed by atoms with Crippen LogP contribution in [0.4, 0.5) is 0 Å². The average molecular weight is 167 g/mol. The van der Waals surface area contributed by atoms with E-state index in [0.717, 1.165) is 12.5 Å². The number of rotatable bonds is 2. The molecule has 0 aliphatic carbocycles. The van der Waals surface area contributed by atoms with Gasteiger partial charge in [-0.25, -0.2) is 0 Å². The predicted octanol–water partition coefficient (Wildman–Crippen LogP) is 2.68. The average Bonchev–Trinajstić information content (AvgIpc) is 2.27. The number of hydrogen-bond acceptors (Lipinski definition) is 1. The highest BCUT2D eigenvalue weighted by Crippen LogP contribution is 2.15. The van der Waals surface area contributed by atoms with Crippen molar-refractivity contribution in [2.45, 2.75) is 33.1 Å². The standard InChI is InChI=1S/C11H21N/c1-3-4-8-12-9-5-6-11(2)7-10-12/h3-4,11H,5-10H2,1-2H3/b4-3+. The molecule has 1 nitrogen and oxygen atoms in total. The maximum absolute atomic E-state index is 2.56. The zero-order valence-corrected chi connectivity index (χ0v) is 8.42. The van der Waals surface area contributed by atoms with Crippen molar-refractivity contribution in [3.8, 4) is 0 Å². The monoisotopic (exact) mass is 167 g/mol. The van der Waals surface area contributed by atoms with E-state index >= 15 is 0 Å². The van der Waals surface area contributed by atoms with Crippen LogP contribution in [0.1, 0.15) is 33.1 Å². The minimum Gasteiger partial charge on any atom is -0.300 e. The largest absolute Gasteiger partial charge is 0.300 e. The second-order valence-corrected chi connectivity index (χ2v) is 3.91. The molecule has 12 heavy (non-hydrogen) atoms. The van der Waals surface area contributed by atoms with Crippen molar-refractivity contribution in [2.24, 2.45) is 5.92 Å². The van der Waals surface area contributed by atoms with Crippen LogP contribution in [0.15, 0.2) is 12.2 Å². The van der Waals surface area contributed by atoms with Gasteiger partial charge in [-0.1, -0.05) is 19.1 Å². The van der Waals surface area contributed by atoms with Crippen LogP contribution >= 0.6 is 0 Å². The van der Waals surface area contributed by atoms with Crippen LogP contribution in [0, 0.1) is 5.92 Å². The van der Waals surface area contributed by atoms with Crippen LogP contribution in [0.2, 0.25) is 0 Å². The molecule has 0 spiro atoms. The Kier molecular flexibility index (Phi) is 4.37. The second kappa shape index (κ2) is 5.36. The van der Waals surface area contributed by atoms with Gasteiger partial charge in [0.2, 0.25) is 0 Å². The molecule has 1 aliphatic rings. The van der Waals surface area contributed by atoms with Crippen molar-refractivity contribution in [1.29, 1.82) is 0 Å². The zero-order valence-electron chi connectivity index (χ0n) is 8.42. The summed E-state index contributed by atoms with van der Waals surface area (Å²) in [5.74, 6) is 0.945. The van der Waals surface area contributed by atoms with Crippen LogP contribution in [0.3, 0.4) is 0 Å². The van der Waals surface area contributed by atoms with E-state index in [0.29, 0.717) is 0 Å². The Labute approximate surface area is 76.5 Å². The van der Waals surface area contributed by atoms with E-state index in [9.17, 15) is 0 Å². The number of hydrogen-bond donors (Lipinski definition) is 0. The normalized spacial score (nSPS) is 27.7. The fraction of sp³-hybridized carbons (Fsp3) is 0.818. The van der Waals surface area contributed by atoms with Gasteiger partial charge in [-0.15, -0.1) is 0 Å². The Balaban J connectivity index is 2.25. The topological polar surface area (TPSA) is 3.24 Å². The van der Waals surface area contributed by atoms with Crippen molar-refractivity contribution < 1.29 is 0 Å². The highest BCUT2D eigenvalue weighted by Gasteiger charge is 2.11. The summed E-state index contributed by atoms with van der Waals surface area (Å²) in [4.78, 5) is 2.56. The first-order chi connectivity index (χ1) is 5.83. The Morgan fingerprint density at radius 3 is 2.92 bits per heavy atom.